The molecule has 0 heterocycles. The Bertz CT molecular complexity index is 769. The van der Waals surface area contributed by atoms with Crippen LogP contribution in [0.25, 0.3) is 0 Å². The fraction of sp³-hybridized carbons (Fsp3) is 0.125. The molecule has 0 saturated carbocycles. The molecule has 2 rings (SSSR count). The second kappa shape index (κ2) is 5.96. The number of aliphatic carboxylic acids is 1. The van der Waals surface area contributed by atoms with Gasteiger partial charge in [-0.15, -0.1) is 0 Å². The molecule has 0 fully saturated rings. The SMILES string of the molecule is CC(Oc1cc(O)ccc1C#N)(C(=O)O)c1ccccc1Cl. The van der Waals surface area contributed by atoms with Crippen LogP contribution in [0.1, 0.15) is 18.1 Å². The Labute approximate surface area is 132 Å². The molecule has 0 spiro atoms. The van der Waals surface area contributed by atoms with Crippen molar-refractivity contribution in [3.63, 3.8) is 0 Å². The molecular weight excluding hydrogens is 306 g/mol. The molecule has 112 valence electrons. The average molecular weight is 318 g/mol. The summed E-state index contributed by atoms with van der Waals surface area (Å²) in [5.41, 5.74) is -1.45. The van der Waals surface area contributed by atoms with Crippen molar-refractivity contribution in [2.75, 3.05) is 0 Å². The van der Waals surface area contributed by atoms with E-state index in [0.29, 0.717) is 0 Å². The highest BCUT2D eigenvalue weighted by Crippen LogP contribution is 2.35. The first-order valence-electron chi connectivity index (χ1n) is 6.29. The van der Waals surface area contributed by atoms with Crippen LogP contribution in [0, 0.1) is 11.3 Å². The van der Waals surface area contributed by atoms with Gasteiger partial charge in [-0.1, -0.05) is 29.8 Å². The van der Waals surface area contributed by atoms with Crippen LogP contribution in [0.2, 0.25) is 5.02 Å². The Morgan fingerprint density at radius 1 is 1.32 bits per heavy atom. The lowest BCUT2D eigenvalue weighted by Gasteiger charge is -2.28. The molecule has 2 aromatic carbocycles. The second-order valence-corrected chi connectivity index (χ2v) is 5.12. The number of halogens is 1. The van der Waals surface area contributed by atoms with Crippen molar-refractivity contribution >= 4 is 17.6 Å². The van der Waals surface area contributed by atoms with Gasteiger partial charge in [0.15, 0.2) is 0 Å². The number of hydrogen-bond donors (Lipinski definition) is 2. The lowest BCUT2D eigenvalue weighted by molar-refractivity contribution is -0.154. The summed E-state index contributed by atoms with van der Waals surface area (Å²) >= 11 is 6.07. The third-order valence-electron chi connectivity index (χ3n) is 3.20. The molecule has 2 N–H and O–H groups in total. The van der Waals surface area contributed by atoms with E-state index in [1.807, 2.05) is 6.07 Å². The van der Waals surface area contributed by atoms with Gasteiger partial charge >= 0.3 is 5.97 Å². The maximum absolute atomic E-state index is 11.7. The van der Waals surface area contributed by atoms with E-state index in [4.69, 9.17) is 21.6 Å². The molecule has 0 aliphatic heterocycles. The Hall–Kier alpha value is -2.71. The molecule has 0 aliphatic rings. The maximum atomic E-state index is 11.7. The summed E-state index contributed by atoms with van der Waals surface area (Å²) in [6, 6.07) is 12.1. The minimum Gasteiger partial charge on any atom is -0.508 e. The Morgan fingerprint density at radius 3 is 2.59 bits per heavy atom. The van der Waals surface area contributed by atoms with Gasteiger partial charge in [0, 0.05) is 16.7 Å². The van der Waals surface area contributed by atoms with Crippen molar-refractivity contribution in [1.29, 1.82) is 5.26 Å². The summed E-state index contributed by atoms with van der Waals surface area (Å²) in [5.74, 6) is -1.44. The largest absolute Gasteiger partial charge is 0.508 e. The Morgan fingerprint density at radius 2 is 2.00 bits per heavy atom. The molecule has 6 heteroatoms. The normalized spacial score (nSPS) is 13.0. The second-order valence-electron chi connectivity index (χ2n) is 4.71. The van der Waals surface area contributed by atoms with Gasteiger partial charge in [-0.2, -0.15) is 5.26 Å². The Kier molecular flexibility index (Phi) is 4.25. The summed E-state index contributed by atoms with van der Waals surface area (Å²) in [5, 5.41) is 28.4. The third kappa shape index (κ3) is 2.83. The van der Waals surface area contributed by atoms with Crippen LogP contribution >= 0.6 is 11.6 Å². The number of aromatic hydroxyl groups is 1. The molecule has 1 unspecified atom stereocenters. The number of rotatable bonds is 4. The summed E-state index contributed by atoms with van der Waals surface area (Å²) < 4.78 is 5.57. The number of carbonyl (C=O) groups is 1. The highest BCUT2D eigenvalue weighted by Gasteiger charge is 2.40. The number of phenolic OH excluding ortho intramolecular Hbond substituents is 1. The number of nitrogens with zero attached hydrogens (tertiary/aromatic N) is 1. The van der Waals surface area contributed by atoms with Crippen LogP contribution in [0.15, 0.2) is 42.5 Å². The fourth-order valence-electron chi connectivity index (χ4n) is 1.97. The van der Waals surface area contributed by atoms with Crippen LogP contribution in [0.5, 0.6) is 11.5 Å². The van der Waals surface area contributed by atoms with Crippen LogP contribution in [0.3, 0.4) is 0 Å². The van der Waals surface area contributed by atoms with Gasteiger partial charge in [0.05, 0.1) is 5.56 Å². The lowest BCUT2D eigenvalue weighted by Crippen LogP contribution is -2.39. The summed E-state index contributed by atoms with van der Waals surface area (Å²) in [7, 11) is 0. The number of nitriles is 1. The van der Waals surface area contributed by atoms with Gasteiger partial charge in [-0.05, 0) is 25.1 Å². The third-order valence-corrected chi connectivity index (χ3v) is 3.53. The lowest BCUT2D eigenvalue weighted by atomic mass is 9.95. The number of ether oxygens (including phenoxy) is 1. The highest BCUT2D eigenvalue weighted by atomic mass is 35.5. The van der Waals surface area contributed by atoms with Gasteiger partial charge in [0.25, 0.3) is 0 Å². The molecule has 2 aromatic rings. The first-order chi connectivity index (χ1) is 10.4. The van der Waals surface area contributed by atoms with Crippen LogP contribution in [-0.2, 0) is 10.4 Å². The molecule has 0 radical (unpaired) electrons. The van der Waals surface area contributed by atoms with E-state index in [1.165, 1.54) is 31.2 Å². The van der Waals surface area contributed by atoms with Gasteiger partial charge in [0.2, 0.25) is 5.60 Å². The summed E-state index contributed by atoms with van der Waals surface area (Å²) in [6.45, 7) is 1.34. The van der Waals surface area contributed by atoms with E-state index < -0.39 is 11.6 Å². The molecule has 5 nitrogen and oxygen atoms in total. The number of hydrogen-bond acceptors (Lipinski definition) is 4. The topological polar surface area (TPSA) is 90.5 Å². The summed E-state index contributed by atoms with van der Waals surface area (Å²) in [6.07, 6.45) is 0. The van der Waals surface area contributed by atoms with Crippen LogP contribution in [0.4, 0.5) is 0 Å². The summed E-state index contributed by atoms with van der Waals surface area (Å²) in [4.78, 5) is 11.7. The fourth-order valence-corrected chi connectivity index (χ4v) is 2.29. The van der Waals surface area contributed by atoms with Gasteiger partial charge < -0.3 is 14.9 Å². The molecule has 22 heavy (non-hydrogen) atoms. The van der Waals surface area contributed by atoms with Crippen LogP contribution < -0.4 is 4.74 Å². The van der Waals surface area contributed by atoms with Gasteiger partial charge in [-0.3, -0.25) is 0 Å². The molecule has 0 aliphatic carbocycles. The molecule has 0 bridgehead atoms. The van der Waals surface area contributed by atoms with E-state index >= 15 is 0 Å². The minimum absolute atomic E-state index is 0.0349. The quantitative estimate of drug-likeness (QED) is 0.903. The zero-order valence-electron chi connectivity index (χ0n) is 11.6. The van der Waals surface area contributed by atoms with Crippen molar-refractivity contribution in [2.45, 2.75) is 12.5 Å². The predicted octanol–water partition coefficient (Wildman–Crippen LogP) is 3.30. The predicted molar refractivity (Wildman–Crippen MR) is 79.9 cm³/mol. The van der Waals surface area contributed by atoms with Gasteiger partial charge in [0.1, 0.15) is 17.6 Å². The zero-order chi connectivity index (χ0) is 16.3. The van der Waals surface area contributed by atoms with Crippen molar-refractivity contribution < 1.29 is 19.7 Å². The minimum atomic E-state index is -1.81. The molecule has 1 atom stereocenters. The number of carboxylic acids is 1. The number of phenols is 1. The number of carboxylic acid groups (broad SMARTS) is 1. The van der Waals surface area contributed by atoms with E-state index in [9.17, 15) is 15.0 Å². The van der Waals surface area contributed by atoms with Crippen molar-refractivity contribution in [3.05, 3.63) is 58.6 Å². The molecule has 0 saturated heterocycles. The first kappa shape index (κ1) is 15.7. The average Bonchev–Trinajstić information content (AvgIpc) is 2.47. The van der Waals surface area contributed by atoms with E-state index in [-0.39, 0.29) is 27.6 Å². The Balaban J connectivity index is 2.56. The highest BCUT2D eigenvalue weighted by molar-refractivity contribution is 6.31. The molecule has 0 amide bonds. The molecule has 0 aromatic heterocycles. The van der Waals surface area contributed by atoms with Crippen molar-refractivity contribution in [1.82, 2.24) is 0 Å². The maximum Gasteiger partial charge on any atom is 0.352 e. The zero-order valence-corrected chi connectivity index (χ0v) is 12.3. The smallest absolute Gasteiger partial charge is 0.352 e. The monoisotopic (exact) mass is 317 g/mol. The number of benzene rings is 2. The van der Waals surface area contributed by atoms with Crippen molar-refractivity contribution in [3.8, 4) is 17.6 Å². The van der Waals surface area contributed by atoms with Crippen LogP contribution in [-0.4, -0.2) is 16.2 Å². The van der Waals surface area contributed by atoms with E-state index in [1.54, 1.807) is 18.2 Å². The first-order valence-corrected chi connectivity index (χ1v) is 6.67. The van der Waals surface area contributed by atoms with Gasteiger partial charge in [-0.25, -0.2) is 4.79 Å². The van der Waals surface area contributed by atoms with E-state index in [2.05, 4.69) is 0 Å². The standard InChI is InChI=1S/C16H12ClNO4/c1-16(15(20)21,12-4-2-3-5-13(12)17)22-14-8-11(19)7-6-10(14)9-18/h2-8,19H,1H3,(H,20,21). The molecular formula is C16H12ClNO4. The van der Waals surface area contributed by atoms with Crippen molar-refractivity contribution in [2.24, 2.45) is 0 Å². The van der Waals surface area contributed by atoms with E-state index in [0.717, 1.165) is 0 Å².